The van der Waals surface area contributed by atoms with Gasteiger partial charge in [0.2, 0.25) is 0 Å². The Balaban J connectivity index is 1.83. The second kappa shape index (κ2) is 7.32. The molecule has 2 amide bonds. The Morgan fingerprint density at radius 2 is 2.12 bits per heavy atom. The van der Waals surface area contributed by atoms with E-state index in [4.69, 9.17) is 10.5 Å². The number of hydrazine groups is 1. The molecule has 34 heavy (non-hydrogen) atoms. The number of ether oxygens (including phenoxy) is 1. The molecule has 0 radical (unpaired) electrons. The number of nitriles is 1. The van der Waals surface area contributed by atoms with Gasteiger partial charge in [0.15, 0.2) is 5.82 Å². The van der Waals surface area contributed by atoms with Gasteiger partial charge in [-0.15, -0.1) is 0 Å². The zero-order valence-electron chi connectivity index (χ0n) is 18.3. The van der Waals surface area contributed by atoms with Gasteiger partial charge in [0.1, 0.15) is 17.9 Å². The number of hydrogen-bond acceptors (Lipinski definition) is 9. The van der Waals surface area contributed by atoms with Crippen LogP contribution < -0.4 is 19.6 Å². The molecule has 13 nitrogen and oxygen atoms in total. The summed E-state index contributed by atoms with van der Waals surface area (Å²) < 4.78 is 36.3. The molecule has 174 valence electrons. The lowest BCUT2D eigenvalue weighted by Gasteiger charge is -2.29. The average Bonchev–Trinajstić information content (AvgIpc) is 3.20. The number of fused-ring (bicyclic) bond motifs is 7. The highest BCUT2D eigenvalue weighted by Gasteiger charge is 2.44. The first-order valence-electron chi connectivity index (χ1n) is 10.1. The third-order valence-corrected chi connectivity index (χ3v) is 6.84. The van der Waals surface area contributed by atoms with Crippen molar-refractivity contribution in [1.29, 1.82) is 5.26 Å². The first-order chi connectivity index (χ1) is 16.1. The summed E-state index contributed by atoms with van der Waals surface area (Å²) in [5.74, 6) is 0.0464. The molecule has 1 aromatic carbocycles. The van der Waals surface area contributed by atoms with Gasteiger partial charge in [-0.05, 0) is 19.9 Å². The summed E-state index contributed by atoms with van der Waals surface area (Å²) >= 11 is 0. The fraction of sp³-hybridized carbons (Fsp3) is 0.250. The number of aryl methyl sites for hydroxylation is 2. The molecule has 1 fully saturated rings. The number of nitrogens with zero attached hydrogens (tertiary/aromatic N) is 7. The number of nitrogens with two attached hydrogens (primary N) is 1. The fourth-order valence-electron chi connectivity index (χ4n) is 4.04. The van der Waals surface area contributed by atoms with Crippen LogP contribution in [0, 0.1) is 18.3 Å². The number of hydrogen-bond donors (Lipinski definition) is 2. The average molecular weight is 481 g/mol. The zero-order valence-corrected chi connectivity index (χ0v) is 19.2. The molecule has 2 aliphatic heterocycles. The Morgan fingerprint density at radius 1 is 1.35 bits per heavy atom. The molecule has 1 saturated heterocycles. The summed E-state index contributed by atoms with van der Waals surface area (Å²) in [6, 6.07) is 6.28. The van der Waals surface area contributed by atoms with E-state index in [1.807, 2.05) is 11.6 Å². The van der Waals surface area contributed by atoms with Gasteiger partial charge in [-0.2, -0.15) is 23.2 Å². The van der Waals surface area contributed by atoms with Crippen LogP contribution in [-0.2, 0) is 23.8 Å². The van der Waals surface area contributed by atoms with Gasteiger partial charge < -0.3 is 10.5 Å². The van der Waals surface area contributed by atoms with Crippen LogP contribution in [0.1, 0.15) is 35.5 Å². The van der Waals surface area contributed by atoms with Crippen LogP contribution >= 0.6 is 0 Å². The van der Waals surface area contributed by atoms with Gasteiger partial charge in [0, 0.05) is 12.6 Å². The van der Waals surface area contributed by atoms with E-state index >= 15 is 0 Å². The van der Waals surface area contributed by atoms with Crippen molar-refractivity contribution in [3.63, 3.8) is 0 Å². The number of anilines is 2. The SMILES string of the molecule is Cc1ccc2c(c1)[C@@H](C)Oc1nc(cnc1N)-c1c(nn(C)c1C#N)CN1C(=O)NS(=O)(=O)N21. The number of carbonyl (C=O) groups is 1. The summed E-state index contributed by atoms with van der Waals surface area (Å²) in [6.45, 7) is 3.29. The summed E-state index contributed by atoms with van der Waals surface area (Å²) in [6.07, 6.45) is 0.647. The Bertz CT molecular complexity index is 1510. The Labute approximate surface area is 194 Å². The standard InChI is InChI=1S/C20H19N9O4S/c1-10-4-5-15-12(6-10)11(2)33-19-18(22)23-8-13(24-19)17-14(25-27(3)16(17)7-21)9-28-20(30)26-34(31,32)29(15)28/h4-6,8,11H,9H2,1-3H3,(H2,22,23)(H,26,30)/t11-/m1/s1. The van der Waals surface area contributed by atoms with Crippen molar-refractivity contribution in [2.75, 3.05) is 10.1 Å². The fourth-order valence-corrected chi connectivity index (χ4v) is 5.27. The van der Waals surface area contributed by atoms with Crippen LogP contribution in [0.5, 0.6) is 5.88 Å². The lowest BCUT2D eigenvalue weighted by atomic mass is 10.0. The molecule has 0 unspecified atom stereocenters. The number of aromatic nitrogens is 4. The van der Waals surface area contributed by atoms with E-state index in [0.29, 0.717) is 5.56 Å². The maximum Gasteiger partial charge on any atom is 0.352 e. The van der Waals surface area contributed by atoms with Gasteiger partial charge in [0.05, 0.1) is 35.4 Å². The number of urea groups is 1. The predicted molar refractivity (Wildman–Crippen MR) is 119 cm³/mol. The van der Waals surface area contributed by atoms with E-state index < -0.39 is 22.3 Å². The monoisotopic (exact) mass is 481 g/mol. The molecule has 4 heterocycles. The molecule has 5 rings (SSSR count). The van der Waals surface area contributed by atoms with Crippen molar-refractivity contribution in [1.82, 2.24) is 29.5 Å². The van der Waals surface area contributed by atoms with Crippen molar-refractivity contribution in [2.45, 2.75) is 26.5 Å². The van der Waals surface area contributed by atoms with Crippen molar-refractivity contribution in [3.8, 4) is 23.2 Å². The summed E-state index contributed by atoms with van der Waals surface area (Å²) in [4.78, 5) is 21.5. The highest BCUT2D eigenvalue weighted by molar-refractivity contribution is 7.91. The van der Waals surface area contributed by atoms with Crippen molar-refractivity contribution in [2.24, 2.45) is 7.05 Å². The number of rotatable bonds is 0. The molecule has 0 spiro atoms. The number of carbonyl (C=O) groups excluding carboxylic acids is 1. The molecule has 3 aromatic rings. The number of nitrogens with one attached hydrogen (secondary N) is 1. The van der Waals surface area contributed by atoms with Gasteiger partial charge >= 0.3 is 16.2 Å². The van der Waals surface area contributed by atoms with E-state index in [2.05, 4.69) is 21.1 Å². The third-order valence-electron chi connectivity index (χ3n) is 5.56. The molecule has 3 N–H and O–H groups in total. The second-order valence-corrected chi connectivity index (χ2v) is 9.39. The summed E-state index contributed by atoms with van der Waals surface area (Å²) in [5, 5.41) is 15.1. The first-order valence-corrected chi connectivity index (χ1v) is 11.5. The molecule has 2 bridgehead atoms. The summed E-state index contributed by atoms with van der Waals surface area (Å²) in [7, 11) is -2.70. The van der Waals surface area contributed by atoms with Crippen LogP contribution in [0.3, 0.4) is 0 Å². The molecule has 2 aliphatic rings. The highest BCUT2D eigenvalue weighted by Crippen LogP contribution is 2.38. The lowest BCUT2D eigenvalue weighted by Crippen LogP contribution is -2.41. The lowest BCUT2D eigenvalue weighted by molar-refractivity contribution is 0.207. The van der Waals surface area contributed by atoms with Crippen molar-refractivity contribution < 1.29 is 17.9 Å². The normalized spacial score (nSPS) is 18.4. The first kappa shape index (κ1) is 21.5. The van der Waals surface area contributed by atoms with E-state index in [0.717, 1.165) is 15.0 Å². The molecule has 0 aliphatic carbocycles. The molecular formula is C20H19N9O4S. The maximum atomic E-state index is 13.0. The largest absolute Gasteiger partial charge is 0.467 e. The summed E-state index contributed by atoms with van der Waals surface area (Å²) in [5.41, 5.74) is 8.48. The van der Waals surface area contributed by atoms with Crippen LogP contribution in [0.2, 0.25) is 0 Å². The van der Waals surface area contributed by atoms with Crippen molar-refractivity contribution >= 4 is 27.7 Å². The van der Waals surface area contributed by atoms with E-state index in [1.54, 1.807) is 32.2 Å². The molecule has 0 saturated carbocycles. The Hall–Kier alpha value is -4.38. The van der Waals surface area contributed by atoms with Crippen LogP contribution in [0.25, 0.3) is 11.3 Å². The topological polar surface area (TPSA) is 172 Å². The van der Waals surface area contributed by atoms with Gasteiger partial charge in [-0.25, -0.2) is 24.5 Å². The highest BCUT2D eigenvalue weighted by atomic mass is 32.2. The minimum Gasteiger partial charge on any atom is -0.467 e. The third kappa shape index (κ3) is 3.17. The Kier molecular flexibility index (Phi) is 4.62. The molecule has 2 aromatic heterocycles. The number of amides is 2. The quantitative estimate of drug-likeness (QED) is 0.479. The van der Waals surface area contributed by atoms with Crippen molar-refractivity contribution in [3.05, 3.63) is 46.9 Å². The predicted octanol–water partition coefficient (Wildman–Crippen LogP) is 1.28. The van der Waals surface area contributed by atoms with Gasteiger partial charge in [-0.3, -0.25) is 4.68 Å². The maximum absolute atomic E-state index is 13.0. The van der Waals surface area contributed by atoms with Crippen LogP contribution in [-0.4, -0.2) is 39.2 Å². The van der Waals surface area contributed by atoms with Gasteiger partial charge in [0.25, 0.3) is 5.88 Å². The smallest absolute Gasteiger partial charge is 0.352 e. The van der Waals surface area contributed by atoms with Crippen LogP contribution in [0.15, 0.2) is 24.4 Å². The van der Waals surface area contributed by atoms with E-state index in [9.17, 15) is 18.5 Å². The Morgan fingerprint density at radius 3 is 2.85 bits per heavy atom. The second-order valence-electron chi connectivity index (χ2n) is 7.89. The molecule has 1 atom stereocenters. The number of benzene rings is 1. The van der Waals surface area contributed by atoms with Gasteiger partial charge in [-0.1, -0.05) is 17.7 Å². The van der Waals surface area contributed by atoms with E-state index in [1.165, 1.54) is 10.9 Å². The zero-order chi connectivity index (χ0) is 24.4. The minimum atomic E-state index is -4.26. The molecular weight excluding hydrogens is 462 g/mol. The number of nitrogen functional groups attached to an aromatic ring is 1. The van der Waals surface area contributed by atoms with Crippen LogP contribution in [0.4, 0.5) is 16.3 Å². The molecule has 14 heteroatoms. The van der Waals surface area contributed by atoms with E-state index in [-0.39, 0.29) is 46.6 Å². The minimum absolute atomic E-state index is 0.0204.